The van der Waals surface area contributed by atoms with Crippen molar-refractivity contribution < 1.29 is 33.3 Å². The number of dihydropyridines is 1. The third kappa shape index (κ3) is 5.45. The van der Waals surface area contributed by atoms with E-state index in [4.69, 9.17) is 18.9 Å². The number of thiophene rings is 1. The average Bonchev–Trinajstić information content (AvgIpc) is 3.47. The minimum Gasteiger partial charge on any atom is -0.493 e. The number of esters is 2. The highest BCUT2D eigenvalue weighted by atomic mass is 32.1. The molecule has 2 aromatic rings. The molecule has 0 saturated heterocycles. The molecule has 1 aliphatic heterocycles. The second-order valence-corrected chi connectivity index (χ2v) is 10.3. The highest BCUT2D eigenvalue weighted by Gasteiger charge is 2.49. The monoisotopic (exact) mass is 553 g/mol. The topological polar surface area (TPSA) is 100 Å². The van der Waals surface area contributed by atoms with Gasteiger partial charge in [0.05, 0.1) is 33.0 Å². The third-order valence-corrected chi connectivity index (χ3v) is 8.09. The Hall–Kier alpha value is -3.59. The van der Waals surface area contributed by atoms with E-state index in [1.54, 1.807) is 33.1 Å². The second-order valence-electron chi connectivity index (χ2n) is 9.35. The molecule has 2 heterocycles. The van der Waals surface area contributed by atoms with Crippen LogP contribution in [0.2, 0.25) is 0 Å². The fourth-order valence-corrected chi connectivity index (χ4v) is 6.35. The molecule has 0 bridgehead atoms. The van der Waals surface area contributed by atoms with Crippen LogP contribution in [-0.4, -0.2) is 45.2 Å². The Morgan fingerprint density at radius 1 is 1.03 bits per heavy atom. The summed E-state index contributed by atoms with van der Waals surface area (Å²) in [5.74, 6) is -2.56. The molecule has 0 saturated carbocycles. The van der Waals surface area contributed by atoms with Gasteiger partial charge >= 0.3 is 11.9 Å². The summed E-state index contributed by atoms with van der Waals surface area (Å²) in [6, 6.07) is 9.22. The molecule has 2 aliphatic rings. The van der Waals surface area contributed by atoms with Gasteiger partial charge in [-0.15, -0.1) is 11.3 Å². The summed E-state index contributed by atoms with van der Waals surface area (Å²) in [5.41, 5.74) is 2.87. The Balaban J connectivity index is 1.95. The van der Waals surface area contributed by atoms with E-state index in [-0.39, 0.29) is 24.9 Å². The maximum absolute atomic E-state index is 14.4. The summed E-state index contributed by atoms with van der Waals surface area (Å²) < 4.78 is 21.9. The van der Waals surface area contributed by atoms with Gasteiger partial charge < -0.3 is 24.3 Å². The van der Waals surface area contributed by atoms with E-state index >= 15 is 0 Å². The normalized spacial score (nSPS) is 20.7. The van der Waals surface area contributed by atoms with Crippen molar-refractivity contribution in [3.63, 3.8) is 0 Å². The molecule has 9 heteroatoms. The molecule has 39 heavy (non-hydrogen) atoms. The molecule has 0 spiro atoms. The van der Waals surface area contributed by atoms with Crippen LogP contribution in [0.25, 0.3) is 0 Å². The molecule has 208 valence electrons. The van der Waals surface area contributed by atoms with E-state index in [0.717, 1.165) is 22.7 Å². The number of Topliss-reactive ketones (excluding diaryl/α,β-unsaturated/α-hetero) is 1. The van der Waals surface area contributed by atoms with Crippen molar-refractivity contribution in [1.29, 1.82) is 0 Å². The van der Waals surface area contributed by atoms with Crippen LogP contribution in [0.1, 0.15) is 62.3 Å². The summed E-state index contributed by atoms with van der Waals surface area (Å²) in [6.45, 7) is 5.86. The van der Waals surface area contributed by atoms with Gasteiger partial charge in [-0.2, -0.15) is 0 Å². The molecular formula is C30H35NO7S. The quantitative estimate of drug-likeness (QED) is 0.314. The van der Waals surface area contributed by atoms with Crippen LogP contribution in [0, 0.1) is 5.92 Å². The first kappa shape index (κ1) is 28.4. The fourth-order valence-electron chi connectivity index (χ4n) is 5.48. The molecule has 1 aromatic heterocycles. The number of rotatable bonds is 10. The zero-order chi connectivity index (χ0) is 28.1. The lowest BCUT2D eigenvalue weighted by molar-refractivity contribution is -0.152. The molecule has 1 N–H and O–H groups in total. The van der Waals surface area contributed by atoms with Gasteiger partial charge in [0.15, 0.2) is 17.3 Å². The number of benzene rings is 1. The summed E-state index contributed by atoms with van der Waals surface area (Å²) in [7, 11) is 3.08. The highest BCUT2D eigenvalue weighted by molar-refractivity contribution is 7.10. The minimum atomic E-state index is -1.03. The van der Waals surface area contributed by atoms with E-state index in [1.807, 2.05) is 30.5 Å². The number of carbonyl (C=O) groups excluding carboxylic acids is 3. The van der Waals surface area contributed by atoms with Crippen LogP contribution in [0.15, 0.2) is 58.3 Å². The highest BCUT2D eigenvalue weighted by Crippen LogP contribution is 2.50. The third-order valence-electron chi connectivity index (χ3n) is 7.09. The summed E-state index contributed by atoms with van der Waals surface area (Å²) in [4.78, 5) is 42.1. The zero-order valence-corrected chi connectivity index (χ0v) is 23.8. The van der Waals surface area contributed by atoms with Crippen molar-refractivity contribution in [1.82, 2.24) is 5.32 Å². The Morgan fingerprint density at radius 3 is 2.38 bits per heavy atom. The van der Waals surface area contributed by atoms with Gasteiger partial charge in [-0.3, -0.25) is 9.59 Å². The number of methoxy groups -OCH3 is 2. The van der Waals surface area contributed by atoms with Crippen LogP contribution < -0.4 is 14.8 Å². The predicted molar refractivity (Wildman–Crippen MR) is 148 cm³/mol. The van der Waals surface area contributed by atoms with Crippen molar-refractivity contribution in [2.24, 2.45) is 5.92 Å². The summed E-state index contributed by atoms with van der Waals surface area (Å²) in [6.07, 6.45) is 1.80. The van der Waals surface area contributed by atoms with Gasteiger partial charge in [0.2, 0.25) is 0 Å². The van der Waals surface area contributed by atoms with Gasteiger partial charge in [0, 0.05) is 33.7 Å². The number of ketones is 1. The molecule has 0 radical (unpaired) electrons. The number of hydrogen-bond donors (Lipinski definition) is 1. The van der Waals surface area contributed by atoms with Crippen molar-refractivity contribution in [2.45, 2.75) is 51.9 Å². The van der Waals surface area contributed by atoms with Crippen molar-refractivity contribution in [2.75, 3.05) is 27.4 Å². The molecule has 4 rings (SSSR count). The van der Waals surface area contributed by atoms with Gasteiger partial charge in [0.1, 0.15) is 5.92 Å². The number of carbonyl (C=O) groups is 3. The zero-order valence-electron chi connectivity index (χ0n) is 23.0. The van der Waals surface area contributed by atoms with Crippen LogP contribution >= 0.6 is 11.3 Å². The molecule has 3 atom stereocenters. The number of nitrogens with one attached hydrogen (secondary N) is 1. The largest absolute Gasteiger partial charge is 0.493 e. The Labute approximate surface area is 233 Å². The second kappa shape index (κ2) is 12.5. The van der Waals surface area contributed by atoms with Crippen molar-refractivity contribution in [3.05, 3.63) is 68.7 Å². The lowest BCUT2D eigenvalue weighted by Crippen LogP contribution is -2.43. The lowest BCUT2D eigenvalue weighted by Gasteiger charge is -2.39. The van der Waals surface area contributed by atoms with Crippen molar-refractivity contribution in [3.8, 4) is 11.5 Å². The first-order valence-electron chi connectivity index (χ1n) is 13.3. The van der Waals surface area contributed by atoms with E-state index in [9.17, 15) is 14.4 Å². The number of hydrogen-bond acceptors (Lipinski definition) is 9. The Morgan fingerprint density at radius 2 is 1.77 bits per heavy atom. The van der Waals surface area contributed by atoms with E-state index in [1.165, 1.54) is 18.4 Å². The Kier molecular flexibility index (Phi) is 9.12. The van der Waals surface area contributed by atoms with Gasteiger partial charge in [0.25, 0.3) is 0 Å². The fraction of sp³-hybridized carbons (Fsp3) is 0.433. The summed E-state index contributed by atoms with van der Waals surface area (Å²) in [5, 5.41) is 5.38. The molecular weight excluding hydrogens is 518 g/mol. The minimum absolute atomic E-state index is 0.164. The summed E-state index contributed by atoms with van der Waals surface area (Å²) >= 11 is 1.51. The van der Waals surface area contributed by atoms with Crippen LogP contribution in [0.3, 0.4) is 0 Å². The molecule has 8 nitrogen and oxygen atoms in total. The first-order valence-corrected chi connectivity index (χ1v) is 14.1. The van der Waals surface area contributed by atoms with Gasteiger partial charge in [-0.1, -0.05) is 25.5 Å². The van der Waals surface area contributed by atoms with Crippen LogP contribution in [0.4, 0.5) is 0 Å². The predicted octanol–water partition coefficient (Wildman–Crippen LogP) is 5.26. The maximum atomic E-state index is 14.4. The van der Waals surface area contributed by atoms with E-state index in [0.29, 0.717) is 41.1 Å². The number of ether oxygens (including phenoxy) is 4. The average molecular weight is 554 g/mol. The van der Waals surface area contributed by atoms with Crippen molar-refractivity contribution >= 4 is 29.1 Å². The van der Waals surface area contributed by atoms with E-state index in [2.05, 4.69) is 5.32 Å². The maximum Gasteiger partial charge on any atom is 0.336 e. The van der Waals surface area contributed by atoms with Gasteiger partial charge in [-0.25, -0.2) is 4.79 Å². The molecule has 0 fully saturated rings. The molecule has 0 amide bonds. The molecule has 1 aromatic carbocycles. The number of allylic oxidation sites excluding steroid dienone is 3. The van der Waals surface area contributed by atoms with E-state index < -0.39 is 23.8 Å². The SMILES string of the molecule is CCCC1=C(C(=O)OCC)[C@H](c2ccc(OC)c(OC)c2)C2=C(C[C@@H](c3cccs3)[C@H](C(=O)OCC)C2=O)N1. The van der Waals surface area contributed by atoms with Crippen LogP contribution in [0.5, 0.6) is 11.5 Å². The van der Waals surface area contributed by atoms with Crippen LogP contribution in [-0.2, 0) is 23.9 Å². The first-order chi connectivity index (χ1) is 18.9. The lowest BCUT2D eigenvalue weighted by atomic mass is 9.68. The smallest absolute Gasteiger partial charge is 0.336 e. The molecule has 1 aliphatic carbocycles. The standard InChI is InChI=1S/C30H35NO7S/c1-6-10-19-27(30(34)38-8-3)24(17-12-13-21(35-4)22(15-17)36-5)26-20(31-19)16-18(23-11-9-14-39-23)25(28(26)32)29(33)37-7-2/h9,11-15,18,24-25,31H,6-8,10,16H2,1-5H3/t18-,24+,25-/m0/s1. The Bertz CT molecular complexity index is 1290. The molecule has 0 unspecified atom stereocenters. The van der Waals surface area contributed by atoms with Gasteiger partial charge in [-0.05, 0) is 55.8 Å².